The van der Waals surface area contributed by atoms with Crippen LogP contribution in [0.5, 0.6) is 0 Å². The van der Waals surface area contributed by atoms with Gasteiger partial charge in [0.05, 0.1) is 5.69 Å². The molecule has 2 unspecified atom stereocenters. The van der Waals surface area contributed by atoms with Crippen LogP contribution in [0.1, 0.15) is 26.5 Å². The van der Waals surface area contributed by atoms with E-state index in [1.165, 1.54) is 6.92 Å². The van der Waals surface area contributed by atoms with Crippen LogP contribution in [0.3, 0.4) is 0 Å². The van der Waals surface area contributed by atoms with Crippen LogP contribution in [-0.4, -0.2) is 15.8 Å². The highest BCUT2D eigenvalue weighted by Gasteiger charge is 2.33. The van der Waals surface area contributed by atoms with Crippen molar-refractivity contribution in [2.24, 2.45) is 5.73 Å². The van der Waals surface area contributed by atoms with Crippen LogP contribution in [0, 0.1) is 0 Å². The number of alkyl halides is 1. The van der Waals surface area contributed by atoms with E-state index < -0.39 is 11.7 Å². The van der Waals surface area contributed by atoms with Crippen molar-refractivity contribution in [3.05, 3.63) is 18.0 Å². The van der Waals surface area contributed by atoms with Crippen molar-refractivity contribution in [2.75, 3.05) is 0 Å². The van der Waals surface area contributed by atoms with E-state index in [4.69, 9.17) is 5.73 Å². The Morgan fingerprint density at radius 1 is 1.77 bits per heavy atom. The van der Waals surface area contributed by atoms with Gasteiger partial charge in [-0.25, -0.2) is 4.39 Å². The molecule has 0 fully saturated rings. The normalized spacial score (nSPS) is 18.2. The lowest BCUT2D eigenvalue weighted by atomic mass is 9.97. The van der Waals surface area contributed by atoms with Crippen molar-refractivity contribution >= 4 is 0 Å². The molecule has 0 radical (unpaired) electrons. The van der Waals surface area contributed by atoms with E-state index in [0.717, 1.165) is 0 Å². The molecule has 0 saturated heterocycles. The molecule has 1 rings (SSSR count). The maximum Gasteiger partial charge on any atom is 0.164 e. The van der Waals surface area contributed by atoms with Gasteiger partial charge in [-0.05, 0) is 26.8 Å². The summed E-state index contributed by atoms with van der Waals surface area (Å²) in [6.07, 6.45) is 1.60. The average molecular weight is 185 g/mol. The van der Waals surface area contributed by atoms with Gasteiger partial charge in [-0.2, -0.15) is 5.10 Å². The Morgan fingerprint density at radius 2 is 2.38 bits per heavy atom. The Balaban J connectivity index is 3.06. The highest BCUT2D eigenvalue weighted by Crippen LogP contribution is 2.27. The lowest BCUT2D eigenvalue weighted by Gasteiger charge is -2.25. The first-order chi connectivity index (χ1) is 6.00. The zero-order chi connectivity index (χ0) is 10.1. The Morgan fingerprint density at radius 3 is 2.85 bits per heavy atom. The number of aromatic nitrogens is 2. The number of nitrogens with two attached hydrogens (primary N) is 1. The summed E-state index contributed by atoms with van der Waals surface area (Å²) in [6.45, 7) is 5.73. The van der Waals surface area contributed by atoms with Gasteiger partial charge in [0.2, 0.25) is 0 Å². The Kier molecular flexibility index (Phi) is 2.71. The number of hydrogen-bond donors (Lipinski definition) is 1. The number of aryl methyl sites for hydroxylation is 1. The number of halogens is 1. The highest BCUT2D eigenvalue weighted by atomic mass is 19.1. The molecule has 1 aromatic rings. The van der Waals surface area contributed by atoms with Gasteiger partial charge in [0.15, 0.2) is 5.67 Å². The molecule has 4 heteroatoms. The van der Waals surface area contributed by atoms with E-state index in [9.17, 15) is 4.39 Å². The predicted octanol–water partition coefficient (Wildman–Crippen LogP) is 1.43. The van der Waals surface area contributed by atoms with Gasteiger partial charge < -0.3 is 5.73 Å². The summed E-state index contributed by atoms with van der Waals surface area (Å²) in [5.74, 6) is 0. The zero-order valence-corrected chi connectivity index (χ0v) is 8.29. The van der Waals surface area contributed by atoms with E-state index >= 15 is 0 Å². The molecule has 0 amide bonds. The second kappa shape index (κ2) is 3.46. The van der Waals surface area contributed by atoms with Crippen LogP contribution in [-0.2, 0) is 12.2 Å². The third kappa shape index (κ3) is 1.72. The van der Waals surface area contributed by atoms with Gasteiger partial charge in [-0.15, -0.1) is 0 Å². The summed E-state index contributed by atoms with van der Waals surface area (Å²) in [7, 11) is 0. The fourth-order valence-electron chi connectivity index (χ4n) is 1.23. The van der Waals surface area contributed by atoms with Crippen molar-refractivity contribution in [3.63, 3.8) is 0 Å². The smallest absolute Gasteiger partial charge is 0.164 e. The largest absolute Gasteiger partial charge is 0.325 e. The van der Waals surface area contributed by atoms with E-state index in [0.29, 0.717) is 12.2 Å². The number of rotatable bonds is 3. The quantitative estimate of drug-likeness (QED) is 0.774. The molecule has 0 saturated carbocycles. The van der Waals surface area contributed by atoms with Crippen molar-refractivity contribution in [3.8, 4) is 0 Å². The zero-order valence-electron chi connectivity index (χ0n) is 8.29. The lowest BCUT2D eigenvalue weighted by molar-refractivity contribution is 0.144. The van der Waals surface area contributed by atoms with E-state index in [2.05, 4.69) is 5.10 Å². The minimum Gasteiger partial charge on any atom is -0.325 e. The van der Waals surface area contributed by atoms with Crippen molar-refractivity contribution in [1.29, 1.82) is 0 Å². The van der Waals surface area contributed by atoms with Crippen molar-refractivity contribution in [1.82, 2.24) is 9.78 Å². The molecule has 1 heterocycles. The topological polar surface area (TPSA) is 43.8 Å². The van der Waals surface area contributed by atoms with Crippen LogP contribution in [0.25, 0.3) is 0 Å². The van der Waals surface area contributed by atoms with E-state index in [-0.39, 0.29) is 0 Å². The second-order valence-electron chi connectivity index (χ2n) is 3.40. The second-order valence-corrected chi connectivity index (χ2v) is 3.40. The number of nitrogens with zero attached hydrogens (tertiary/aromatic N) is 2. The average Bonchev–Trinajstić information content (AvgIpc) is 2.51. The summed E-state index contributed by atoms with van der Waals surface area (Å²) < 4.78 is 15.7. The lowest BCUT2D eigenvalue weighted by Crippen LogP contribution is -2.38. The molecule has 2 N–H and O–H groups in total. The summed E-state index contributed by atoms with van der Waals surface area (Å²) >= 11 is 0. The van der Waals surface area contributed by atoms with Gasteiger partial charge in [-0.1, -0.05) is 0 Å². The van der Waals surface area contributed by atoms with Crippen LogP contribution in [0.2, 0.25) is 0 Å². The molecule has 3 nitrogen and oxygen atoms in total. The summed E-state index contributed by atoms with van der Waals surface area (Å²) in [5, 5.41) is 4.00. The molecule has 13 heavy (non-hydrogen) atoms. The first-order valence-electron chi connectivity index (χ1n) is 4.47. The van der Waals surface area contributed by atoms with Gasteiger partial charge in [0.25, 0.3) is 0 Å². The molecule has 0 aliphatic rings. The molecular weight excluding hydrogens is 169 g/mol. The first kappa shape index (κ1) is 10.2. The summed E-state index contributed by atoms with van der Waals surface area (Å²) in [4.78, 5) is 0. The highest BCUT2D eigenvalue weighted by molar-refractivity contribution is 5.13. The monoisotopic (exact) mass is 185 g/mol. The van der Waals surface area contributed by atoms with Crippen LogP contribution in [0.15, 0.2) is 12.3 Å². The molecule has 1 aromatic heterocycles. The number of hydrogen-bond acceptors (Lipinski definition) is 2. The molecule has 0 aliphatic heterocycles. The third-order valence-electron chi connectivity index (χ3n) is 2.37. The van der Waals surface area contributed by atoms with Crippen molar-refractivity contribution < 1.29 is 4.39 Å². The fourth-order valence-corrected chi connectivity index (χ4v) is 1.23. The fraction of sp³-hybridized carbons (Fsp3) is 0.667. The Bertz CT molecular complexity index is 278. The first-order valence-corrected chi connectivity index (χ1v) is 4.47. The third-order valence-corrected chi connectivity index (χ3v) is 2.37. The van der Waals surface area contributed by atoms with Crippen LogP contribution in [0.4, 0.5) is 4.39 Å². The van der Waals surface area contributed by atoms with Crippen LogP contribution >= 0.6 is 0 Å². The molecule has 0 bridgehead atoms. The van der Waals surface area contributed by atoms with Gasteiger partial charge in [0.1, 0.15) is 0 Å². The Hall–Kier alpha value is -0.900. The maximum absolute atomic E-state index is 14.0. The van der Waals surface area contributed by atoms with E-state index in [1.54, 1.807) is 23.9 Å². The van der Waals surface area contributed by atoms with E-state index in [1.807, 2.05) is 6.92 Å². The molecular formula is C9H16FN3. The molecule has 0 aromatic carbocycles. The maximum atomic E-state index is 14.0. The van der Waals surface area contributed by atoms with Gasteiger partial charge in [0, 0.05) is 18.8 Å². The van der Waals surface area contributed by atoms with Gasteiger partial charge in [-0.3, -0.25) is 4.68 Å². The molecule has 0 spiro atoms. The van der Waals surface area contributed by atoms with Crippen molar-refractivity contribution in [2.45, 2.75) is 39.0 Å². The molecule has 74 valence electrons. The molecule has 0 aliphatic carbocycles. The summed E-state index contributed by atoms with van der Waals surface area (Å²) in [5.41, 5.74) is 4.61. The standard InChI is InChI=1S/C9H16FN3/c1-4-13-8(5-6-12-13)9(3,10)7(2)11/h5-7H,4,11H2,1-3H3. The van der Waals surface area contributed by atoms with Gasteiger partial charge >= 0.3 is 0 Å². The molecule has 2 atom stereocenters. The Labute approximate surface area is 77.7 Å². The predicted molar refractivity (Wildman–Crippen MR) is 50.0 cm³/mol. The SMILES string of the molecule is CCn1nccc1C(C)(F)C(C)N. The minimum absolute atomic E-state index is 0.533. The van der Waals surface area contributed by atoms with Crippen LogP contribution < -0.4 is 5.73 Å². The summed E-state index contributed by atoms with van der Waals surface area (Å²) in [6, 6.07) is 1.14. The minimum atomic E-state index is -1.51.